The molecule has 0 bridgehead atoms. The fraction of sp³-hybridized carbons (Fsp3) is 0.833. The molecule has 0 amide bonds. The summed E-state index contributed by atoms with van der Waals surface area (Å²) in [5.74, 6) is 1.71. The van der Waals surface area contributed by atoms with E-state index in [1.807, 2.05) is 11.3 Å². The number of rotatable bonds is 3. The molecule has 0 radical (unpaired) electrons. The summed E-state index contributed by atoms with van der Waals surface area (Å²) in [6.07, 6.45) is 4.03. The molecule has 1 fully saturated rings. The Morgan fingerprint density at radius 2 is 1.71 bits per heavy atom. The Balaban J connectivity index is 2.06. The van der Waals surface area contributed by atoms with E-state index < -0.39 is 0 Å². The quantitative estimate of drug-likeness (QED) is 0.827. The van der Waals surface area contributed by atoms with Crippen molar-refractivity contribution in [3.8, 4) is 0 Å². The van der Waals surface area contributed by atoms with Crippen LogP contribution in [0.3, 0.4) is 0 Å². The van der Waals surface area contributed by atoms with Gasteiger partial charge in [0.05, 0.1) is 10.7 Å². The molecule has 1 saturated carbocycles. The predicted molar refractivity (Wildman–Crippen MR) is 93.1 cm³/mol. The van der Waals surface area contributed by atoms with Gasteiger partial charge in [-0.05, 0) is 44.9 Å². The number of nitrogens with one attached hydrogen (secondary N) is 1. The lowest BCUT2D eigenvalue weighted by Crippen LogP contribution is -2.37. The van der Waals surface area contributed by atoms with Crippen LogP contribution in [0.2, 0.25) is 0 Å². The van der Waals surface area contributed by atoms with Crippen LogP contribution in [-0.2, 0) is 5.41 Å². The van der Waals surface area contributed by atoms with Crippen LogP contribution >= 0.6 is 11.3 Å². The number of hydrogen-bond acceptors (Lipinski definition) is 3. The molecule has 1 aliphatic rings. The lowest BCUT2D eigenvalue weighted by molar-refractivity contribution is 0.229. The van der Waals surface area contributed by atoms with Crippen LogP contribution in [0.5, 0.6) is 0 Å². The van der Waals surface area contributed by atoms with Crippen molar-refractivity contribution in [2.45, 2.75) is 85.2 Å². The molecule has 0 saturated heterocycles. The van der Waals surface area contributed by atoms with Gasteiger partial charge in [0.1, 0.15) is 0 Å². The molecule has 2 nitrogen and oxygen atoms in total. The van der Waals surface area contributed by atoms with Crippen molar-refractivity contribution in [2.75, 3.05) is 0 Å². The molecule has 1 N–H and O–H groups in total. The van der Waals surface area contributed by atoms with Crippen LogP contribution < -0.4 is 5.32 Å². The van der Waals surface area contributed by atoms with E-state index >= 15 is 0 Å². The normalized spacial score (nSPS) is 28.6. The lowest BCUT2D eigenvalue weighted by atomic mass is 9.80. The van der Waals surface area contributed by atoms with E-state index in [1.165, 1.54) is 34.8 Å². The molecular formula is C18H32N2S. The Labute approximate surface area is 134 Å². The molecule has 0 aliphatic heterocycles. The van der Waals surface area contributed by atoms with Gasteiger partial charge in [-0.25, -0.2) is 4.98 Å². The maximum Gasteiger partial charge on any atom is 0.0985 e. The van der Waals surface area contributed by atoms with Gasteiger partial charge in [-0.3, -0.25) is 0 Å². The van der Waals surface area contributed by atoms with Crippen molar-refractivity contribution in [3.05, 3.63) is 15.6 Å². The van der Waals surface area contributed by atoms with Crippen LogP contribution in [0.1, 0.15) is 82.4 Å². The van der Waals surface area contributed by atoms with Crippen molar-refractivity contribution in [3.63, 3.8) is 0 Å². The van der Waals surface area contributed by atoms with Gasteiger partial charge in [-0.1, -0.05) is 34.6 Å². The van der Waals surface area contributed by atoms with Gasteiger partial charge < -0.3 is 5.32 Å². The predicted octanol–water partition coefficient (Wildman–Crippen LogP) is 5.22. The Morgan fingerprint density at radius 1 is 1.14 bits per heavy atom. The highest BCUT2D eigenvalue weighted by Gasteiger charge is 2.27. The molecule has 3 atom stereocenters. The van der Waals surface area contributed by atoms with Crippen LogP contribution in [0, 0.1) is 18.8 Å². The second-order valence-electron chi connectivity index (χ2n) is 8.22. The number of aromatic nitrogens is 1. The van der Waals surface area contributed by atoms with Gasteiger partial charge in [-0.2, -0.15) is 0 Å². The van der Waals surface area contributed by atoms with Crippen molar-refractivity contribution >= 4 is 11.3 Å². The maximum atomic E-state index is 4.80. The van der Waals surface area contributed by atoms with Gasteiger partial charge in [-0.15, -0.1) is 11.3 Å². The van der Waals surface area contributed by atoms with Gasteiger partial charge in [0.25, 0.3) is 0 Å². The lowest BCUT2D eigenvalue weighted by Gasteiger charge is -2.33. The number of nitrogens with zero attached hydrogens (tertiary/aromatic N) is 1. The summed E-state index contributed by atoms with van der Waals surface area (Å²) in [6.45, 7) is 16.0. The third-order valence-corrected chi connectivity index (χ3v) is 6.30. The first kappa shape index (κ1) is 17.0. The highest BCUT2D eigenvalue weighted by molar-refractivity contribution is 7.12. The maximum absolute atomic E-state index is 4.80. The van der Waals surface area contributed by atoms with E-state index in [2.05, 4.69) is 53.8 Å². The molecule has 1 heterocycles. The molecule has 1 aliphatic carbocycles. The monoisotopic (exact) mass is 308 g/mol. The molecule has 2 rings (SSSR count). The number of aryl methyl sites for hydroxylation is 1. The number of thiazole rings is 1. The minimum absolute atomic E-state index is 0.154. The second kappa shape index (κ2) is 6.37. The van der Waals surface area contributed by atoms with Crippen LogP contribution in [0.25, 0.3) is 0 Å². The minimum Gasteiger partial charge on any atom is -0.307 e. The highest BCUT2D eigenvalue weighted by atomic mass is 32.1. The summed E-state index contributed by atoms with van der Waals surface area (Å²) in [6, 6.07) is 1.08. The van der Waals surface area contributed by atoms with Crippen molar-refractivity contribution in [1.82, 2.24) is 10.3 Å². The minimum atomic E-state index is 0.154. The van der Waals surface area contributed by atoms with E-state index in [1.54, 1.807) is 0 Å². The van der Waals surface area contributed by atoms with E-state index in [0.717, 1.165) is 11.8 Å². The summed E-state index contributed by atoms with van der Waals surface area (Å²) in [5.41, 5.74) is 1.36. The van der Waals surface area contributed by atoms with Crippen molar-refractivity contribution in [2.24, 2.45) is 11.8 Å². The molecule has 0 spiro atoms. The van der Waals surface area contributed by atoms with Crippen LogP contribution in [-0.4, -0.2) is 11.0 Å². The molecule has 1 aromatic rings. The Kier molecular flexibility index (Phi) is 5.15. The van der Waals surface area contributed by atoms with Crippen LogP contribution in [0.4, 0.5) is 0 Å². The van der Waals surface area contributed by atoms with Gasteiger partial charge in [0, 0.05) is 22.4 Å². The molecule has 21 heavy (non-hydrogen) atoms. The highest BCUT2D eigenvalue weighted by Crippen LogP contribution is 2.34. The fourth-order valence-corrected chi connectivity index (χ4v) is 4.78. The van der Waals surface area contributed by atoms with Gasteiger partial charge >= 0.3 is 0 Å². The Morgan fingerprint density at radius 3 is 2.19 bits per heavy atom. The first-order valence-corrected chi connectivity index (χ1v) is 9.22. The first-order valence-electron chi connectivity index (χ1n) is 8.40. The average Bonchev–Trinajstić information content (AvgIpc) is 2.69. The molecule has 3 heteroatoms. The third kappa shape index (κ3) is 4.29. The Hall–Kier alpha value is -0.410. The van der Waals surface area contributed by atoms with Crippen molar-refractivity contribution in [1.29, 1.82) is 0 Å². The second-order valence-corrected chi connectivity index (χ2v) is 9.25. The molecule has 0 aromatic carbocycles. The zero-order chi connectivity index (χ0) is 15.8. The molecular weight excluding hydrogens is 276 g/mol. The average molecular weight is 309 g/mol. The largest absolute Gasteiger partial charge is 0.307 e. The zero-order valence-electron chi connectivity index (χ0n) is 14.8. The first-order chi connectivity index (χ1) is 9.66. The zero-order valence-corrected chi connectivity index (χ0v) is 15.6. The topological polar surface area (TPSA) is 24.9 Å². The SMILES string of the molecule is Cc1nc(C(C)(C)C)sc1C(C)NC1CC(C)CC(C)C1. The third-order valence-electron chi connectivity index (χ3n) is 4.53. The van der Waals surface area contributed by atoms with E-state index in [4.69, 9.17) is 4.98 Å². The molecule has 1 aromatic heterocycles. The summed E-state index contributed by atoms with van der Waals surface area (Å²) in [7, 11) is 0. The summed E-state index contributed by atoms with van der Waals surface area (Å²) in [5, 5.41) is 5.13. The van der Waals surface area contributed by atoms with Crippen LogP contribution in [0.15, 0.2) is 0 Å². The van der Waals surface area contributed by atoms with E-state index in [9.17, 15) is 0 Å². The Bertz CT molecular complexity index is 462. The van der Waals surface area contributed by atoms with Gasteiger partial charge in [0.15, 0.2) is 0 Å². The fourth-order valence-electron chi connectivity index (χ4n) is 3.64. The summed E-state index contributed by atoms with van der Waals surface area (Å²) < 4.78 is 0. The van der Waals surface area contributed by atoms with Crippen molar-refractivity contribution < 1.29 is 0 Å². The van der Waals surface area contributed by atoms with E-state index in [-0.39, 0.29) is 5.41 Å². The molecule has 120 valence electrons. The standard InChI is InChI=1S/C18H32N2S/c1-11-8-12(2)10-15(9-11)19-13(3)16-14(4)20-17(21-16)18(5,6)7/h11-13,15,19H,8-10H2,1-7H3. The smallest absolute Gasteiger partial charge is 0.0985 e. The van der Waals surface area contributed by atoms with E-state index in [0.29, 0.717) is 12.1 Å². The number of hydrogen-bond donors (Lipinski definition) is 1. The molecule has 3 unspecified atom stereocenters. The summed E-state index contributed by atoms with van der Waals surface area (Å²) in [4.78, 5) is 6.23. The van der Waals surface area contributed by atoms with Gasteiger partial charge in [0.2, 0.25) is 0 Å². The summed E-state index contributed by atoms with van der Waals surface area (Å²) >= 11 is 1.89.